The van der Waals surface area contributed by atoms with E-state index >= 15 is 0 Å². The summed E-state index contributed by atoms with van der Waals surface area (Å²) in [7, 11) is 0. The Labute approximate surface area is 89.0 Å². The lowest BCUT2D eigenvalue weighted by Crippen LogP contribution is -2.03. The fourth-order valence-corrected chi connectivity index (χ4v) is 1.64. The van der Waals surface area contributed by atoms with Crippen molar-refractivity contribution >= 4 is 33.3 Å². The van der Waals surface area contributed by atoms with Gasteiger partial charge in [0.1, 0.15) is 5.82 Å². The largest absolute Gasteiger partial charge is 0.293 e. The summed E-state index contributed by atoms with van der Waals surface area (Å²) in [4.78, 5) is 11.2. The molecular weight excluding hydrogens is 258 g/mol. The molecular formula is C9H7BrClFO. The minimum atomic E-state index is -0.335. The highest BCUT2D eigenvalue weighted by Gasteiger charge is 2.12. The Hall–Kier alpha value is -0.410. The molecule has 13 heavy (non-hydrogen) atoms. The molecule has 70 valence electrons. The van der Waals surface area contributed by atoms with Gasteiger partial charge >= 0.3 is 0 Å². The van der Waals surface area contributed by atoms with Crippen LogP contribution < -0.4 is 0 Å². The van der Waals surface area contributed by atoms with E-state index in [1.165, 1.54) is 12.1 Å². The van der Waals surface area contributed by atoms with Crippen molar-refractivity contribution in [2.75, 3.05) is 5.88 Å². The monoisotopic (exact) mass is 264 g/mol. The minimum Gasteiger partial charge on any atom is -0.293 e. The number of hydrogen-bond donors (Lipinski definition) is 0. The lowest BCUT2D eigenvalue weighted by atomic mass is 10.1. The van der Waals surface area contributed by atoms with E-state index in [1.807, 2.05) is 0 Å². The van der Waals surface area contributed by atoms with E-state index < -0.39 is 0 Å². The normalized spacial score (nSPS) is 10.2. The number of benzene rings is 1. The van der Waals surface area contributed by atoms with Crippen LogP contribution in [-0.4, -0.2) is 11.7 Å². The van der Waals surface area contributed by atoms with Crippen LogP contribution in [0.5, 0.6) is 0 Å². The summed E-state index contributed by atoms with van der Waals surface area (Å²) in [6.07, 6.45) is 0. The second-order valence-corrected chi connectivity index (χ2v) is 3.65. The highest BCUT2D eigenvalue weighted by atomic mass is 79.9. The van der Waals surface area contributed by atoms with E-state index in [-0.39, 0.29) is 17.5 Å². The third-order valence-corrected chi connectivity index (χ3v) is 3.01. The van der Waals surface area contributed by atoms with Crippen LogP contribution in [0.1, 0.15) is 15.9 Å². The number of ketones is 1. The molecule has 0 aromatic heterocycles. The molecule has 0 amide bonds. The average molecular weight is 266 g/mol. The number of carbonyl (C=O) groups is 1. The summed E-state index contributed by atoms with van der Waals surface area (Å²) in [6, 6.07) is 2.69. The molecule has 0 atom stereocenters. The molecule has 0 saturated heterocycles. The van der Waals surface area contributed by atoms with Crippen molar-refractivity contribution in [2.45, 2.75) is 6.92 Å². The quantitative estimate of drug-likeness (QED) is 0.592. The number of halogens is 3. The Morgan fingerprint density at radius 2 is 2.23 bits per heavy atom. The van der Waals surface area contributed by atoms with Crippen molar-refractivity contribution in [3.05, 3.63) is 33.5 Å². The van der Waals surface area contributed by atoms with Gasteiger partial charge in [0.25, 0.3) is 0 Å². The van der Waals surface area contributed by atoms with Crippen molar-refractivity contribution in [2.24, 2.45) is 0 Å². The SMILES string of the molecule is Cc1c(F)ccc(C(=O)CCl)c1Br. The van der Waals surface area contributed by atoms with Crippen LogP contribution in [0.4, 0.5) is 4.39 Å². The Kier molecular flexibility index (Phi) is 3.45. The lowest BCUT2D eigenvalue weighted by molar-refractivity contribution is 0.102. The van der Waals surface area contributed by atoms with E-state index in [2.05, 4.69) is 15.9 Å². The molecule has 0 bridgehead atoms. The van der Waals surface area contributed by atoms with Crippen molar-refractivity contribution < 1.29 is 9.18 Å². The maximum Gasteiger partial charge on any atom is 0.178 e. The lowest BCUT2D eigenvalue weighted by Gasteiger charge is -2.04. The third-order valence-electron chi connectivity index (χ3n) is 1.74. The van der Waals surface area contributed by atoms with Gasteiger partial charge in [-0.05, 0) is 40.5 Å². The number of alkyl halides is 1. The fourth-order valence-electron chi connectivity index (χ4n) is 0.949. The Bertz CT molecular complexity index is 352. The standard InChI is InChI=1S/C9H7BrClFO/c1-5-7(12)3-2-6(9(5)10)8(13)4-11/h2-3H,4H2,1H3. The van der Waals surface area contributed by atoms with Crippen molar-refractivity contribution in [1.82, 2.24) is 0 Å². The van der Waals surface area contributed by atoms with E-state index in [0.717, 1.165) is 0 Å². The maximum atomic E-state index is 13.0. The van der Waals surface area contributed by atoms with Gasteiger partial charge in [0.2, 0.25) is 0 Å². The molecule has 0 spiro atoms. The number of Topliss-reactive ketones (excluding diaryl/α,β-unsaturated/α-hetero) is 1. The zero-order valence-electron chi connectivity index (χ0n) is 6.90. The molecule has 0 aliphatic carbocycles. The molecule has 0 fully saturated rings. The van der Waals surface area contributed by atoms with Gasteiger partial charge < -0.3 is 0 Å². The molecule has 1 rings (SSSR count). The molecule has 0 saturated carbocycles. The van der Waals surface area contributed by atoms with E-state index in [9.17, 15) is 9.18 Å². The summed E-state index contributed by atoms with van der Waals surface area (Å²) in [5.74, 6) is -0.640. The Balaban J connectivity index is 3.26. The van der Waals surface area contributed by atoms with Crippen molar-refractivity contribution in [3.8, 4) is 0 Å². The second kappa shape index (κ2) is 4.20. The molecule has 1 nitrogen and oxygen atoms in total. The van der Waals surface area contributed by atoms with E-state index in [1.54, 1.807) is 6.92 Å². The predicted octanol–water partition coefficient (Wildman–Crippen LogP) is 3.32. The zero-order chi connectivity index (χ0) is 10.0. The van der Waals surface area contributed by atoms with E-state index in [0.29, 0.717) is 15.6 Å². The number of carbonyl (C=O) groups excluding carboxylic acids is 1. The van der Waals surface area contributed by atoms with Gasteiger partial charge in [0.05, 0.1) is 5.88 Å². The number of rotatable bonds is 2. The summed E-state index contributed by atoms with van der Waals surface area (Å²) >= 11 is 8.54. The zero-order valence-corrected chi connectivity index (χ0v) is 9.25. The van der Waals surface area contributed by atoms with Gasteiger partial charge in [-0.25, -0.2) is 4.39 Å². The first-order chi connectivity index (χ1) is 6.07. The minimum absolute atomic E-state index is 0.0936. The molecule has 4 heteroatoms. The van der Waals surface area contributed by atoms with E-state index in [4.69, 9.17) is 11.6 Å². The molecule has 0 heterocycles. The van der Waals surface area contributed by atoms with Crippen molar-refractivity contribution in [3.63, 3.8) is 0 Å². The maximum absolute atomic E-state index is 13.0. The average Bonchev–Trinajstić information content (AvgIpc) is 2.13. The predicted molar refractivity (Wildman–Crippen MR) is 53.9 cm³/mol. The second-order valence-electron chi connectivity index (χ2n) is 2.59. The molecule has 0 aliphatic heterocycles. The summed E-state index contributed by atoms with van der Waals surface area (Å²) in [6.45, 7) is 1.60. The van der Waals surface area contributed by atoms with Crippen LogP contribution in [-0.2, 0) is 0 Å². The Morgan fingerprint density at radius 1 is 1.62 bits per heavy atom. The van der Waals surface area contributed by atoms with Gasteiger partial charge in [-0.2, -0.15) is 0 Å². The van der Waals surface area contributed by atoms with Gasteiger partial charge in [0, 0.05) is 10.0 Å². The highest BCUT2D eigenvalue weighted by Crippen LogP contribution is 2.24. The third kappa shape index (κ3) is 2.09. The number of hydrogen-bond acceptors (Lipinski definition) is 1. The molecule has 0 radical (unpaired) electrons. The first-order valence-corrected chi connectivity index (χ1v) is 4.94. The summed E-state index contributed by atoms with van der Waals surface area (Å²) in [5.41, 5.74) is 0.852. The summed E-state index contributed by atoms with van der Waals surface area (Å²) in [5, 5.41) is 0. The topological polar surface area (TPSA) is 17.1 Å². The van der Waals surface area contributed by atoms with Crippen LogP contribution in [0.15, 0.2) is 16.6 Å². The van der Waals surface area contributed by atoms with Crippen LogP contribution in [0, 0.1) is 12.7 Å². The highest BCUT2D eigenvalue weighted by molar-refractivity contribution is 9.10. The molecule has 1 aromatic rings. The molecule has 0 aliphatic rings. The smallest absolute Gasteiger partial charge is 0.178 e. The summed E-state index contributed by atoms with van der Waals surface area (Å²) < 4.78 is 13.4. The first-order valence-electron chi connectivity index (χ1n) is 3.61. The van der Waals surface area contributed by atoms with Crippen LogP contribution in [0.3, 0.4) is 0 Å². The van der Waals surface area contributed by atoms with Gasteiger partial charge in [-0.3, -0.25) is 4.79 Å². The van der Waals surface area contributed by atoms with Crippen LogP contribution in [0.25, 0.3) is 0 Å². The fraction of sp³-hybridized carbons (Fsp3) is 0.222. The van der Waals surface area contributed by atoms with Gasteiger partial charge in [-0.15, -0.1) is 11.6 Å². The molecule has 1 aromatic carbocycles. The first kappa shape index (κ1) is 10.7. The Morgan fingerprint density at radius 3 is 2.77 bits per heavy atom. The van der Waals surface area contributed by atoms with Crippen LogP contribution in [0.2, 0.25) is 0 Å². The van der Waals surface area contributed by atoms with Gasteiger partial charge in [-0.1, -0.05) is 0 Å². The van der Waals surface area contributed by atoms with Crippen molar-refractivity contribution in [1.29, 1.82) is 0 Å². The molecule has 0 N–H and O–H groups in total. The molecule has 0 unspecified atom stereocenters. The van der Waals surface area contributed by atoms with Gasteiger partial charge in [0.15, 0.2) is 5.78 Å². The van der Waals surface area contributed by atoms with Crippen LogP contribution >= 0.6 is 27.5 Å².